The maximum atomic E-state index is 12.6. The standard InChI is InChI=1S/C19H25N3O2/c1-2-3-8-18(23)21-9-11-22(12-10-21)19(24)13-15-14-20-17-7-5-4-6-16(15)17/h4-7,14,20H,2-3,8-13H2,1H3. The lowest BCUT2D eigenvalue weighted by atomic mass is 10.1. The van der Waals surface area contributed by atoms with Gasteiger partial charge in [-0.2, -0.15) is 0 Å². The van der Waals surface area contributed by atoms with Gasteiger partial charge in [0.1, 0.15) is 0 Å². The number of nitrogens with one attached hydrogen (secondary N) is 1. The van der Waals surface area contributed by atoms with Crippen LogP contribution in [0.2, 0.25) is 0 Å². The van der Waals surface area contributed by atoms with E-state index in [0.717, 1.165) is 29.3 Å². The van der Waals surface area contributed by atoms with Crippen LogP contribution in [0.4, 0.5) is 0 Å². The molecule has 3 rings (SSSR count). The molecule has 1 fully saturated rings. The lowest BCUT2D eigenvalue weighted by Gasteiger charge is -2.35. The third kappa shape index (κ3) is 3.61. The van der Waals surface area contributed by atoms with Gasteiger partial charge >= 0.3 is 0 Å². The van der Waals surface area contributed by atoms with Crippen molar-refractivity contribution in [2.24, 2.45) is 0 Å². The lowest BCUT2D eigenvalue weighted by Crippen LogP contribution is -2.50. The Morgan fingerprint density at radius 1 is 1.04 bits per heavy atom. The van der Waals surface area contributed by atoms with Crippen LogP contribution in [0.1, 0.15) is 31.7 Å². The SMILES string of the molecule is CCCCC(=O)N1CCN(C(=O)Cc2c[nH]c3ccccc23)CC1. The molecule has 1 aromatic heterocycles. The summed E-state index contributed by atoms with van der Waals surface area (Å²) in [4.78, 5) is 31.6. The van der Waals surface area contributed by atoms with E-state index in [2.05, 4.69) is 11.9 Å². The predicted molar refractivity (Wildman–Crippen MR) is 94.7 cm³/mol. The molecule has 0 atom stereocenters. The van der Waals surface area contributed by atoms with Crippen molar-refractivity contribution in [3.05, 3.63) is 36.0 Å². The van der Waals surface area contributed by atoms with E-state index in [1.54, 1.807) is 0 Å². The maximum absolute atomic E-state index is 12.6. The van der Waals surface area contributed by atoms with Gasteiger partial charge in [-0.15, -0.1) is 0 Å². The highest BCUT2D eigenvalue weighted by molar-refractivity contribution is 5.89. The summed E-state index contributed by atoms with van der Waals surface area (Å²) in [6, 6.07) is 8.03. The number of nitrogens with zero attached hydrogens (tertiary/aromatic N) is 2. The Morgan fingerprint density at radius 3 is 2.42 bits per heavy atom. The molecule has 1 saturated heterocycles. The first-order valence-corrected chi connectivity index (χ1v) is 8.79. The molecule has 1 aromatic carbocycles. The van der Waals surface area contributed by atoms with Gasteiger partial charge in [0.25, 0.3) is 0 Å². The van der Waals surface area contributed by atoms with Crippen molar-refractivity contribution in [2.75, 3.05) is 26.2 Å². The number of para-hydroxylation sites is 1. The minimum atomic E-state index is 0.139. The number of aromatic nitrogens is 1. The fraction of sp³-hybridized carbons (Fsp3) is 0.474. The number of rotatable bonds is 5. The first-order chi connectivity index (χ1) is 11.7. The molecule has 0 bridgehead atoms. The highest BCUT2D eigenvalue weighted by Gasteiger charge is 2.24. The normalized spacial score (nSPS) is 15.0. The van der Waals surface area contributed by atoms with E-state index in [9.17, 15) is 9.59 Å². The average Bonchev–Trinajstić information content (AvgIpc) is 3.03. The summed E-state index contributed by atoms with van der Waals surface area (Å²) in [5, 5.41) is 1.11. The molecule has 0 unspecified atom stereocenters. The molecule has 5 nitrogen and oxygen atoms in total. The van der Waals surface area contributed by atoms with E-state index in [-0.39, 0.29) is 11.8 Å². The third-order valence-electron chi connectivity index (χ3n) is 4.75. The fourth-order valence-corrected chi connectivity index (χ4v) is 3.24. The quantitative estimate of drug-likeness (QED) is 0.917. The van der Waals surface area contributed by atoms with Gasteiger partial charge < -0.3 is 14.8 Å². The Balaban J connectivity index is 1.55. The van der Waals surface area contributed by atoms with Crippen LogP contribution < -0.4 is 0 Å². The van der Waals surface area contributed by atoms with Crippen molar-refractivity contribution in [3.63, 3.8) is 0 Å². The molecule has 128 valence electrons. The zero-order valence-electron chi connectivity index (χ0n) is 14.3. The largest absolute Gasteiger partial charge is 0.361 e. The summed E-state index contributed by atoms with van der Waals surface area (Å²) in [6.07, 6.45) is 4.94. The van der Waals surface area contributed by atoms with E-state index >= 15 is 0 Å². The molecule has 0 spiro atoms. The number of piperazine rings is 1. The minimum Gasteiger partial charge on any atom is -0.361 e. The molecule has 1 aliphatic rings. The van der Waals surface area contributed by atoms with E-state index in [4.69, 9.17) is 0 Å². The monoisotopic (exact) mass is 327 g/mol. The first-order valence-electron chi connectivity index (χ1n) is 8.79. The number of fused-ring (bicyclic) bond motifs is 1. The summed E-state index contributed by atoms with van der Waals surface area (Å²) in [5.41, 5.74) is 2.10. The Bertz CT molecular complexity index is 714. The number of aromatic amines is 1. The number of hydrogen-bond donors (Lipinski definition) is 1. The number of carbonyl (C=O) groups is 2. The Hall–Kier alpha value is -2.30. The van der Waals surface area contributed by atoms with Crippen molar-refractivity contribution < 1.29 is 9.59 Å². The van der Waals surface area contributed by atoms with Crippen LogP contribution in [-0.4, -0.2) is 52.8 Å². The molecule has 5 heteroatoms. The van der Waals surface area contributed by atoms with E-state index < -0.39 is 0 Å². The van der Waals surface area contributed by atoms with Crippen LogP contribution in [0.15, 0.2) is 30.5 Å². The summed E-state index contributed by atoms with van der Waals surface area (Å²) >= 11 is 0. The maximum Gasteiger partial charge on any atom is 0.227 e. The summed E-state index contributed by atoms with van der Waals surface area (Å²) < 4.78 is 0. The topological polar surface area (TPSA) is 56.4 Å². The molecule has 1 aliphatic heterocycles. The molecular formula is C19H25N3O2. The molecule has 24 heavy (non-hydrogen) atoms. The Kier molecular flexibility index (Phi) is 5.18. The third-order valence-corrected chi connectivity index (χ3v) is 4.75. The first kappa shape index (κ1) is 16.6. The highest BCUT2D eigenvalue weighted by Crippen LogP contribution is 2.19. The van der Waals surface area contributed by atoms with E-state index in [0.29, 0.717) is 39.0 Å². The van der Waals surface area contributed by atoms with Crippen molar-refractivity contribution in [3.8, 4) is 0 Å². The van der Waals surface area contributed by atoms with Gasteiger partial charge in [0.2, 0.25) is 11.8 Å². The number of amides is 2. The summed E-state index contributed by atoms with van der Waals surface area (Å²) in [6.45, 7) is 4.68. The molecule has 2 amide bonds. The molecular weight excluding hydrogens is 302 g/mol. The minimum absolute atomic E-state index is 0.139. The number of hydrogen-bond acceptors (Lipinski definition) is 2. The van der Waals surface area contributed by atoms with E-state index in [1.165, 1.54) is 0 Å². The number of carbonyl (C=O) groups excluding carboxylic acids is 2. The van der Waals surface area contributed by atoms with Crippen molar-refractivity contribution in [1.82, 2.24) is 14.8 Å². The predicted octanol–water partition coefficient (Wildman–Crippen LogP) is 2.57. The van der Waals surface area contributed by atoms with Gasteiger partial charge in [-0.1, -0.05) is 31.5 Å². The van der Waals surface area contributed by atoms with Gasteiger partial charge in [-0.05, 0) is 18.1 Å². The van der Waals surface area contributed by atoms with Gasteiger partial charge in [-0.25, -0.2) is 0 Å². The Morgan fingerprint density at radius 2 is 1.71 bits per heavy atom. The van der Waals surface area contributed by atoms with E-state index in [1.807, 2.05) is 40.3 Å². The lowest BCUT2D eigenvalue weighted by molar-refractivity contribution is -0.139. The summed E-state index contributed by atoms with van der Waals surface area (Å²) in [7, 11) is 0. The average molecular weight is 327 g/mol. The number of unbranched alkanes of at least 4 members (excludes halogenated alkanes) is 1. The highest BCUT2D eigenvalue weighted by atomic mass is 16.2. The number of H-pyrrole nitrogens is 1. The zero-order valence-corrected chi connectivity index (χ0v) is 14.3. The summed E-state index contributed by atoms with van der Waals surface area (Å²) in [5.74, 6) is 0.362. The van der Waals surface area contributed by atoms with Crippen LogP contribution in [-0.2, 0) is 16.0 Å². The Labute approximate surface area is 142 Å². The van der Waals surface area contributed by atoms with Crippen molar-refractivity contribution in [1.29, 1.82) is 0 Å². The van der Waals surface area contributed by atoms with Crippen LogP contribution in [0.25, 0.3) is 10.9 Å². The van der Waals surface area contributed by atoms with Crippen LogP contribution >= 0.6 is 0 Å². The van der Waals surface area contributed by atoms with Crippen LogP contribution in [0.5, 0.6) is 0 Å². The van der Waals surface area contributed by atoms with Gasteiger partial charge in [0.15, 0.2) is 0 Å². The van der Waals surface area contributed by atoms with Crippen LogP contribution in [0, 0.1) is 0 Å². The molecule has 0 saturated carbocycles. The zero-order chi connectivity index (χ0) is 16.9. The molecule has 2 aromatic rings. The van der Waals surface area contributed by atoms with Gasteiger partial charge in [0.05, 0.1) is 6.42 Å². The second kappa shape index (κ2) is 7.51. The fourth-order valence-electron chi connectivity index (χ4n) is 3.24. The smallest absolute Gasteiger partial charge is 0.227 e. The van der Waals surface area contributed by atoms with Gasteiger partial charge in [0, 0.05) is 49.7 Å². The molecule has 0 aliphatic carbocycles. The number of benzene rings is 1. The molecule has 1 N–H and O–H groups in total. The molecule has 0 radical (unpaired) electrons. The second-order valence-electron chi connectivity index (χ2n) is 6.40. The van der Waals surface area contributed by atoms with Crippen molar-refractivity contribution in [2.45, 2.75) is 32.6 Å². The van der Waals surface area contributed by atoms with Crippen molar-refractivity contribution >= 4 is 22.7 Å². The second-order valence-corrected chi connectivity index (χ2v) is 6.40. The molecule has 2 heterocycles. The van der Waals surface area contributed by atoms with Gasteiger partial charge in [-0.3, -0.25) is 9.59 Å². The van der Waals surface area contributed by atoms with Crippen LogP contribution in [0.3, 0.4) is 0 Å².